The second kappa shape index (κ2) is 5.55. The monoisotopic (exact) mass is 257 g/mol. The molecule has 1 aromatic carbocycles. The molecule has 0 saturated carbocycles. The maximum absolute atomic E-state index is 5.90. The third kappa shape index (κ3) is 2.69. The zero-order valence-electron chi connectivity index (χ0n) is 11.2. The van der Waals surface area contributed by atoms with Crippen molar-refractivity contribution in [3.05, 3.63) is 53.3 Å². The molecule has 4 heteroatoms. The molecule has 1 aliphatic heterocycles. The number of fused-ring (bicyclic) bond motifs is 1. The van der Waals surface area contributed by atoms with E-state index in [9.17, 15) is 0 Å². The highest BCUT2D eigenvalue weighted by molar-refractivity contribution is 5.30. The van der Waals surface area contributed by atoms with E-state index < -0.39 is 0 Å². The molecule has 0 spiro atoms. The maximum Gasteiger partial charge on any atom is 0.102 e. The van der Waals surface area contributed by atoms with Crippen LogP contribution in [0.15, 0.2) is 36.7 Å². The molecule has 0 aliphatic carbocycles. The summed E-state index contributed by atoms with van der Waals surface area (Å²) in [6, 6.07) is 8.54. The molecule has 1 unspecified atom stereocenters. The quantitative estimate of drug-likeness (QED) is 0.909. The van der Waals surface area contributed by atoms with Gasteiger partial charge < -0.3 is 10.1 Å². The van der Waals surface area contributed by atoms with Gasteiger partial charge in [0, 0.05) is 18.3 Å². The number of rotatable bonds is 4. The van der Waals surface area contributed by atoms with E-state index in [0.717, 1.165) is 26.1 Å². The molecule has 0 bridgehead atoms. The molecule has 1 aromatic heterocycles. The summed E-state index contributed by atoms with van der Waals surface area (Å²) < 4.78 is 7.87. The molecule has 2 aromatic rings. The van der Waals surface area contributed by atoms with Crippen molar-refractivity contribution in [2.24, 2.45) is 0 Å². The third-order valence-electron chi connectivity index (χ3n) is 3.51. The van der Waals surface area contributed by atoms with Gasteiger partial charge in [-0.25, -0.2) is 0 Å². The Bertz CT molecular complexity index is 550. The molecule has 1 atom stereocenters. The number of nitrogens with zero attached hydrogens (tertiary/aromatic N) is 2. The molecule has 100 valence electrons. The Morgan fingerprint density at radius 3 is 3.21 bits per heavy atom. The standard InChI is InChI=1S/C15H19N3O/c1-16-8-12-9-17-18(10-12)11-15-14-5-3-2-4-13(14)6-7-19-15/h2-5,9-10,15-16H,6-8,11H2,1H3. The second-order valence-electron chi connectivity index (χ2n) is 4.91. The van der Waals surface area contributed by atoms with Crippen LogP contribution in [0.5, 0.6) is 0 Å². The van der Waals surface area contributed by atoms with Gasteiger partial charge >= 0.3 is 0 Å². The first-order valence-corrected chi connectivity index (χ1v) is 6.72. The normalized spacial score (nSPS) is 18.3. The van der Waals surface area contributed by atoms with Gasteiger partial charge in [-0.3, -0.25) is 4.68 Å². The van der Waals surface area contributed by atoms with E-state index in [-0.39, 0.29) is 6.10 Å². The van der Waals surface area contributed by atoms with Crippen molar-refractivity contribution in [1.82, 2.24) is 15.1 Å². The zero-order valence-corrected chi connectivity index (χ0v) is 11.2. The Labute approximate surface area is 113 Å². The SMILES string of the molecule is CNCc1cnn(CC2OCCc3ccccc32)c1. The minimum atomic E-state index is 0.118. The largest absolute Gasteiger partial charge is 0.371 e. The van der Waals surface area contributed by atoms with Gasteiger partial charge in [0.2, 0.25) is 0 Å². The fourth-order valence-corrected chi connectivity index (χ4v) is 2.60. The van der Waals surface area contributed by atoms with E-state index in [1.807, 2.05) is 17.9 Å². The van der Waals surface area contributed by atoms with Gasteiger partial charge in [-0.05, 0) is 24.6 Å². The van der Waals surface area contributed by atoms with Crippen molar-refractivity contribution in [3.8, 4) is 0 Å². The number of ether oxygens (including phenoxy) is 1. The molecule has 0 amide bonds. The van der Waals surface area contributed by atoms with Gasteiger partial charge in [0.05, 0.1) is 19.3 Å². The van der Waals surface area contributed by atoms with E-state index >= 15 is 0 Å². The number of nitrogens with one attached hydrogen (secondary N) is 1. The average molecular weight is 257 g/mol. The predicted octanol–water partition coefficient (Wildman–Crippen LogP) is 1.92. The molecule has 3 rings (SSSR count). The molecule has 1 N–H and O–H groups in total. The van der Waals surface area contributed by atoms with Crippen LogP contribution in [0.3, 0.4) is 0 Å². The highest BCUT2D eigenvalue weighted by Gasteiger charge is 2.20. The van der Waals surface area contributed by atoms with Crippen molar-refractivity contribution < 1.29 is 4.74 Å². The van der Waals surface area contributed by atoms with Gasteiger partial charge in [-0.15, -0.1) is 0 Å². The summed E-state index contributed by atoms with van der Waals surface area (Å²) >= 11 is 0. The first-order valence-electron chi connectivity index (χ1n) is 6.72. The van der Waals surface area contributed by atoms with Crippen molar-refractivity contribution in [2.75, 3.05) is 13.7 Å². The minimum absolute atomic E-state index is 0.118. The topological polar surface area (TPSA) is 39.1 Å². The summed E-state index contributed by atoms with van der Waals surface area (Å²) in [5.41, 5.74) is 3.91. The van der Waals surface area contributed by atoms with Crippen LogP contribution in [-0.2, 0) is 24.2 Å². The van der Waals surface area contributed by atoms with Crippen LogP contribution in [-0.4, -0.2) is 23.4 Å². The Morgan fingerprint density at radius 2 is 2.32 bits per heavy atom. The molecular formula is C15H19N3O. The minimum Gasteiger partial charge on any atom is -0.371 e. The maximum atomic E-state index is 5.90. The Hall–Kier alpha value is -1.65. The van der Waals surface area contributed by atoms with E-state index in [4.69, 9.17) is 4.74 Å². The van der Waals surface area contributed by atoms with Gasteiger partial charge in [0.15, 0.2) is 0 Å². The smallest absolute Gasteiger partial charge is 0.102 e. The lowest BCUT2D eigenvalue weighted by atomic mass is 9.98. The Morgan fingerprint density at radius 1 is 1.42 bits per heavy atom. The number of hydrogen-bond donors (Lipinski definition) is 1. The summed E-state index contributed by atoms with van der Waals surface area (Å²) in [7, 11) is 1.94. The summed E-state index contributed by atoms with van der Waals surface area (Å²) in [5, 5.41) is 7.53. The highest BCUT2D eigenvalue weighted by atomic mass is 16.5. The van der Waals surface area contributed by atoms with E-state index in [0.29, 0.717) is 0 Å². The molecule has 19 heavy (non-hydrogen) atoms. The number of benzene rings is 1. The molecule has 0 radical (unpaired) electrons. The highest BCUT2D eigenvalue weighted by Crippen LogP contribution is 2.28. The van der Waals surface area contributed by atoms with E-state index in [2.05, 4.69) is 40.9 Å². The number of aromatic nitrogens is 2. The molecule has 1 aliphatic rings. The van der Waals surface area contributed by atoms with Crippen LogP contribution in [0.2, 0.25) is 0 Å². The second-order valence-corrected chi connectivity index (χ2v) is 4.91. The lowest BCUT2D eigenvalue weighted by Crippen LogP contribution is -2.20. The average Bonchev–Trinajstić information content (AvgIpc) is 2.87. The Balaban J connectivity index is 1.76. The summed E-state index contributed by atoms with van der Waals surface area (Å²) in [4.78, 5) is 0. The zero-order chi connectivity index (χ0) is 13.1. The summed E-state index contributed by atoms with van der Waals surface area (Å²) in [5.74, 6) is 0. The first-order chi connectivity index (χ1) is 9.36. The van der Waals surface area contributed by atoms with Crippen LogP contribution < -0.4 is 5.32 Å². The first kappa shape index (κ1) is 12.4. The van der Waals surface area contributed by atoms with Crippen LogP contribution in [0.4, 0.5) is 0 Å². The fraction of sp³-hybridized carbons (Fsp3) is 0.400. The molecule has 0 fully saturated rings. The third-order valence-corrected chi connectivity index (χ3v) is 3.51. The molecule has 0 saturated heterocycles. The van der Waals surface area contributed by atoms with Gasteiger partial charge in [-0.2, -0.15) is 5.10 Å². The fourth-order valence-electron chi connectivity index (χ4n) is 2.60. The van der Waals surface area contributed by atoms with Crippen LogP contribution >= 0.6 is 0 Å². The van der Waals surface area contributed by atoms with Crippen molar-refractivity contribution in [1.29, 1.82) is 0 Å². The van der Waals surface area contributed by atoms with Crippen molar-refractivity contribution >= 4 is 0 Å². The van der Waals surface area contributed by atoms with Crippen LogP contribution in [0.25, 0.3) is 0 Å². The lowest BCUT2D eigenvalue weighted by molar-refractivity contribution is 0.0283. The van der Waals surface area contributed by atoms with Gasteiger partial charge in [-0.1, -0.05) is 24.3 Å². The van der Waals surface area contributed by atoms with Crippen LogP contribution in [0.1, 0.15) is 22.8 Å². The van der Waals surface area contributed by atoms with E-state index in [1.54, 1.807) is 0 Å². The van der Waals surface area contributed by atoms with Crippen molar-refractivity contribution in [3.63, 3.8) is 0 Å². The molecule has 4 nitrogen and oxygen atoms in total. The Kier molecular flexibility index (Phi) is 3.62. The molecular weight excluding hydrogens is 238 g/mol. The lowest BCUT2D eigenvalue weighted by Gasteiger charge is -2.25. The van der Waals surface area contributed by atoms with Crippen molar-refractivity contribution in [2.45, 2.75) is 25.6 Å². The van der Waals surface area contributed by atoms with Gasteiger partial charge in [0.25, 0.3) is 0 Å². The summed E-state index contributed by atoms with van der Waals surface area (Å²) in [6.07, 6.45) is 5.12. The van der Waals surface area contributed by atoms with E-state index in [1.165, 1.54) is 16.7 Å². The molecule has 2 heterocycles. The number of hydrogen-bond acceptors (Lipinski definition) is 3. The van der Waals surface area contributed by atoms with Gasteiger partial charge in [0.1, 0.15) is 6.10 Å². The predicted molar refractivity (Wildman–Crippen MR) is 73.8 cm³/mol. The van der Waals surface area contributed by atoms with Crippen LogP contribution in [0, 0.1) is 0 Å². The summed E-state index contributed by atoms with van der Waals surface area (Å²) in [6.45, 7) is 2.43.